The van der Waals surface area contributed by atoms with Gasteiger partial charge in [0.25, 0.3) is 0 Å². The van der Waals surface area contributed by atoms with Gasteiger partial charge in [-0.1, -0.05) is 12.1 Å². The Balaban J connectivity index is 2.35. The molecule has 0 heterocycles. The first-order valence-corrected chi connectivity index (χ1v) is 5.91. The second kappa shape index (κ2) is 7.92. The van der Waals surface area contributed by atoms with Gasteiger partial charge in [0, 0.05) is 19.2 Å². The number of rotatable bonds is 8. The van der Waals surface area contributed by atoms with Gasteiger partial charge in [0.05, 0.1) is 19.8 Å². The molecule has 1 unspecified atom stereocenters. The second-order valence-electron chi connectivity index (χ2n) is 4.04. The summed E-state index contributed by atoms with van der Waals surface area (Å²) in [5.41, 5.74) is 0.774. The highest BCUT2D eigenvalue weighted by atomic mass is 16.5. The molecule has 0 saturated carbocycles. The SMILES string of the molecule is COCC(O)CCNCc1cccc(OC)c1O. The maximum atomic E-state index is 9.85. The van der Waals surface area contributed by atoms with Crippen LogP contribution in [0.3, 0.4) is 0 Å². The lowest BCUT2D eigenvalue weighted by atomic mass is 10.2. The van der Waals surface area contributed by atoms with E-state index in [9.17, 15) is 10.2 Å². The van der Waals surface area contributed by atoms with Gasteiger partial charge < -0.3 is 25.0 Å². The topological polar surface area (TPSA) is 71.0 Å². The predicted molar refractivity (Wildman–Crippen MR) is 68.9 cm³/mol. The van der Waals surface area contributed by atoms with Crippen LogP contribution in [-0.2, 0) is 11.3 Å². The van der Waals surface area contributed by atoms with Gasteiger partial charge in [-0.3, -0.25) is 0 Å². The van der Waals surface area contributed by atoms with Gasteiger partial charge in [-0.15, -0.1) is 0 Å². The minimum Gasteiger partial charge on any atom is -0.504 e. The number of aliphatic hydroxyl groups is 1. The van der Waals surface area contributed by atoms with E-state index < -0.39 is 6.10 Å². The van der Waals surface area contributed by atoms with Crippen LogP contribution in [0.4, 0.5) is 0 Å². The first kappa shape index (κ1) is 14.8. The van der Waals surface area contributed by atoms with E-state index in [-0.39, 0.29) is 5.75 Å². The second-order valence-corrected chi connectivity index (χ2v) is 4.04. The average molecular weight is 255 g/mol. The molecule has 102 valence electrons. The molecular weight excluding hydrogens is 234 g/mol. The van der Waals surface area contributed by atoms with Crippen molar-refractivity contribution < 1.29 is 19.7 Å². The van der Waals surface area contributed by atoms with E-state index >= 15 is 0 Å². The summed E-state index contributed by atoms with van der Waals surface area (Å²) in [5.74, 6) is 0.624. The van der Waals surface area contributed by atoms with Crippen LogP contribution >= 0.6 is 0 Å². The molecule has 0 fully saturated rings. The van der Waals surface area contributed by atoms with Gasteiger partial charge in [0.2, 0.25) is 0 Å². The Morgan fingerprint density at radius 2 is 2.11 bits per heavy atom. The smallest absolute Gasteiger partial charge is 0.162 e. The quantitative estimate of drug-likeness (QED) is 0.602. The van der Waals surface area contributed by atoms with E-state index in [2.05, 4.69) is 5.32 Å². The van der Waals surface area contributed by atoms with E-state index in [1.165, 1.54) is 7.11 Å². The Morgan fingerprint density at radius 3 is 2.78 bits per heavy atom. The summed E-state index contributed by atoms with van der Waals surface area (Å²) >= 11 is 0. The molecular formula is C13H21NO4. The molecule has 5 nitrogen and oxygen atoms in total. The summed E-state index contributed by atoms with van der Waals surface area (Å²) in [6.07, 6.45) is 0.153. The molecule has 1 rings (SSSR count). The summed E-state index contributed by atoms with van der Waals surface area (Å²) in [6, 6.07) is 5.37. The zero-order chi connectivity index (χ0) is 13.4. The van der Waals surface area contributed by atoms with Crippen LogP contribution in [0.1, 0.15) is 12.0 Å². The number of phenolic OH excluding ortho intramolecular Hbond substituents is 1. The molecule has 0 radical (unpaired) electrons. The van der Waals surface area contributed by atoms with Crippen molar-refractivity contribution in [1.82, 2.24) is 5.32 Å². The maximum absolute atomic E-state index is 9.85. The number of aliphatic hydroxyl groups excluding tert-OH is 1. The van der Waals surface area contributed by atoms with Gasteiger partial charge in [0.15, 0.2) is 11.5 Å². The minimum atomic E-state index is -0.457. The van der Waals surface area contributed by atoms with Crippen molar-refractivity contribution in [3.05, 3.63) is 23.8 Å². The van der Waals surface area contributed by atoms with Gasteiger partial charge in [-0.25, -0.2) is 0 Å². The Bertz CT molecular complexity index is 357. The molecule has 1 atom stereocenters. The average Bonchev–Trinajstić information content (AvgIpc) is 2.36. The molecule has 0 aromatic heterocycles. The fourth-order valence-corrected chi connectivity index (χ4v) is 1.64. The molecule has 0 saturated heterocycles. The molecule has 0 aliphatic carbocycles. The lowest BCUT2D eigenvalue weighted by Crippen LogP contribution is -2.23. The Morgan fingerprint density at radius 1 is 1.33 bits per heavy atom. The molecule has 0 amide bonds. The predicted octanol–water partition coefficient (Wildman–Crippen LogP) is 0.888. The summed E-state index contributed by atoms with van der Waals surface area (Å²) in [6.45, 7) is 1.52. The Kier molecular flexibility index (Phi) is 6.49. The van der Waals surface area contributed by atoms with Crippen molar-refractivity contribution in [3.63, 3.8) is 0 Å². The number of para-hydroxylation sites is 1. The van der Waals surface area contributed by atoms with Gasteiger partial charge in [0.1, 0.15) is 0 Å². The minimum absolute atomic E-state index is 0.157. The first-order valence-electron chi connectivity index (χ1n) is 5.91. The molecule has 1 aromatic rings. The summed E-state index contributed by atoms with van der Waals surface area (Å²) < 4.78 is 9.86. The molecule has 0 aliphatic rings. The number of nitrogens with one attached hydrogen (secondary N) is 1. The number of benzene rings is 1. The van der Waals surface area contributed by atoms with Crippen molar-refractivity contribution in [2.75, 3.05) is 27.4 Å². The van der Waals surface area contributed by atoms with Gasteiger partial charge in [-0.2, -0.15) is 0 Å². The fraction of sp³-hybridized carbons (Fsp3) is 0.538. The number of phenols is 1. The van der Waals surface area contributed by atoms with Crippen molar-refractivity contribution >= 4 is 0 Å². The number of hydrogen-bond donors (Lipinski definition) is 3. The molecule has 0 aliphatic heterocycles. The number of methoxy groups -OCH3 is 2. The van der Waals surface area contributed by atoms with Crippen LogP contribution in [0.15, 0.2) is 18.2 Å². The van der Waals surface area contributed by atoms with E-state index in [1.807, 2.05) is 12.1 Å². The van der Waals surface area contributed by atoms with Crippen LogP contribution in [0, 0.1) is 0 Å². The zero-order valence-electron chi connectivity index (χ0n) is 10.8. The Hall–Kier alpha value is -1.30. The molecule has 0 bridgehead atoms. The third kappa shape index (κ3) is 4.52. The molecule has 1 aromatic carbocycles. The van der Waals surface area contributed by atoms with E-state index in [0.717, 1.165) is 5.56 Å². The highest BCUT2D eigenvalue weighted by Crippen LogP contribution is 2.28. The summed E-state index contributed by atoms with van der Waals surface area (Å²) in [4.78, 5) is 0. The van der Waals surface area contributed by atoms with Gasteiger partial charge >= 0.3 is 0 Å². The van der Waals surface area contributed by atoms with Crippen molar-refractivity contribution in [2.45, 2.75) is 19.1 Å². The van der Waals surface area contributed by atoms with Crippen LogP contribution < -0.4 is 10.1 Å². The third-order valence-electron chi connectivity index (χ3n) is 2.63. The zero-order valence-corrected chi connectivity index (χ0v) is 10.8. The van der Waals surface area contributed by atoms with Crippen LogP contribution in [0.5, 0.6) is 11.5 Å². The lowest BCUT2D eigenvalue weighted by molar-refractivity contribution is 0.0594. The number of ether oxygens (including phenoxy) is 2. The highest BCUT2D eigenvalue weighted by molar-refractivity contribution is 5.45. The molecule has 18 heavy (non-hydrogen) atoms. The Labute approximate surface area is 107 Å². The number of hydrogen-bond acceptors (Lipinski definition) is 5. The van der Waals surface area contributed by atoms with Crippen LogP contribution in [0.2, 0.25) is 0 Å². The van der Waals surface area contributed by atoms with E-state index in [0.29, 0.717) is 31.9 Å². The number of aromatic hydroxyl groups is 1. The first-order chi connectivity index (χ1) is 8.69. The largest absolute Gasteiger partial charge is 0.504 e. The normalized spacial score (nSPS) is 12.4. The molecule has 3 N–H and O–H groups in total. The van der Waals surface area contributed by atoms with E-state index in [4.69, 9.17) is 9.47 Å². The monoisotopic (exact) mass is 255 g/mol. The van der Waals surface area contributed by atoms with Crippen LogP contribution in [0.25, 0.3) is 0 Å². The maximum Gasteiger partial charge on any atom is 0.162 e. The highest BCUT2D eigenvalue weighted by Gasteiger charge is 2.07. The third-order valence-corrected chi connectivity index (χ3v) is 2.63. The standard InChI is InChI=1S/C13H21NO4/c1-17-9-11(15)6-7-14-8-10-4-3-5-12(18-2)13(10)16/h3-5,11,14-16H,6-9H2,1-2H3. The lowest BCUT2D eigenvalue weighted by Gasteiger charge is -2.11. The van der Waals surface area contributed by atoms with E-state index in [1.54, 1.807) is 13.2 Å². The van der Waals surface area contributed by atoms with Crippen molar-refractivity contribution in [2.24, 2.45) is 0 Å². The molecule has 5 heteroatoms. The van der Waals surface area contributed by atoms with Crippen molar-refractivity contribution in [1.29, 1.82) is 0 Å². The summed E-state index contributed by atoms with van der Waals surface area (Å²) in [5, 5.41) is 22.4. The fourth-order valence-electron chi connectivity index (χ4n) is 1.64. The van der Waals surface area contributed by atoms with Gasteiger partial charge in [-0.05, 0) is 19.0 Å². The summed E-state index contributed by atoms with van der Waals surface area (Å²) in [7, 11) is 3.08. The molecule has 0 spiro atoms. The van der Waals surface area contributed by atoms with Crippen molar-refractivity contribution in [3.8, 4) is 11.5 Å². The van der Waals surface area contributed by atoms with Crippen LogP contribution in [-0.4, -0.2) is 43.7 Å².